The Morgan fingerprint density at radius 3 is 2.67 bits per heavy atom. The molecule has 0 fully saturated rings. The van der Waals surface area contributed by atoms with Gasteiger partial charge < -0.3 is 0 Å². The molecule has 0 heterocycles. The van der Waals surface area contributed by atoms with E-state index in [1.54, 1.807) is 0 Å². The summed E-state index contributed by atoms with van der Waals surface area (Å²) in [6.07, 6.45) is 8.16. The molecule has 1 rings (SSSR count). The Morgan fingerprint density at radius 1 is 1.40 bits per heavy atom. The third-order valence-electron chi connectivity index (χ3n) is 2.57. The molecule has 0 amide bonds. The van der Waals surface area contributed by atoms with Crippen LogP contribution in [-0.4, -0.2) is 26.2 Å². The summed E-state index contributed by atoms with van der Waals surface area (Å²) in [5.41, 5.74) is 0.912. The van der Waals surface area contributed by atoms with Gasteiger partial charge >= 0.3 is 0 Å². The molecule has 3 nitrogen and oxygen atoms in total. The number of hydrogen-bond acceptors (Lipinski definition) is 3. The normalized spacial score (nSPS) is 17.3. The standard InChI is InChI=1S/C11H18O3S/c1-15(13,14)9-5-8-11(12)10-6-3-2-4-7-10/h6H,2-5,7-9H2,1H3. The molecule has 0 bridgehead atoms. The summed E-state index contributed by atoms with van der Waals surface area (Å²) in [5, 5.41) is 0. The lowest BCUT2D eigenvalue weighted by atomic mass is 9.95. The van der Waals surface area contributed by atoms with E-state index < -0.39 is 9.84 Å². The number of sulfone groups is 1. The molecule has 1 aliphatic carbocycles. The predicted octanol–water partition coefficient (Wildman–Crippen LogP) is 1.88. The predicted molar refractivity (Wildman–Crippen MR) is 60.5 cm³/mol. The van der Waals surface area contributed by atoms with Gasteiger partial charge in [-0.2, -0.15) is 0 Å². The average Bonchev–Trinajstić information content (AvgIpc) is 2.17. The second-order valence-corrected chi connectivity index (χ2v) is 6.39. The Hall–Kier alpha value is -0.640. The number of rotatable bonds is 5. The first kappa shape index (κ1) is 12.4. The summed E-state index contributed by atoms with van der Waals surface area (Å²) in [6, 6.07) is 0. The Morgan fingerprint density at radius 2 is 2.13 bits per heavy atom. The third-order valence-corrected chi connectivity index (χ3v) is 3.60. The minimum Gasteiger partial charge on any atom is -0.295 e. The number of carbonyl (C=O) groups is 1. The van der Waals surface area contributed by atoms with Gasteiger partial charge in [-0.3, -0.25) is 4.79 Å². The first-order valence-corrected chi connectivity index (χ1v) is 7.45. The van der Waals surface area contributed by atoms with Crippen LogP contribution in [0.25, 0.3) is 0 Å². The minimum atomic E-state index is -2.92. The summed E-state index contributed by atoms with van der Waals surface area (Å²) in [6.45, 7) is 0. The van der Waals surface area contributed by atoms with Crippen LogP contribution >= 0.6 is 0 Å². The number of carbonyl (C=O) groups excluding carboxylic acids is 1. The number of ketones is 1. The van der Waals surface area contributed by atoms with Gasteiger partial charge in [0.05, 0.1) is 5.75 Å². The van der Waals surface area contributed by atoms with Crippen LogP contribution in [-0.2, 0) is 14.6 Å². The molecule has 0 saturated heterocycles. The molecule has 15 heavy (non-hydrogen) atoms. The van der Waals surface area contributed by atoms with Crippen molar-refractivity contribution >= 4 is 15.6 Å². The molecule has 0 unspecified atom stereocenters. The van der Waals surface area contributed by atoms with E-state index in [4.69, 9.17) is 0 Å². The Labute approximate surface area is 91.5 Å². The molecule has 0 saturated carbocycles. The van der Waals surface area contributed by atoms with E-state index in [1.165, 1.54) is 12.7 Å². The van der Waals surface area contributed by atoms with Gasteiger partial charge in [0.25, 0.3) is 0 Å². The Kier molecular flexibility index (Phi) is 4.51. The molecule has 0 radical (unpaired) electrons. The molecule has 0 aliphatic heterocycles. The SMILES string of the molecule is CS(=O)(=O)CCCC(=O)C1=CCCCC1. The monoisotopic (exact) mass is 230 g/mol. The minimum absolute atomic E-state index is 0.117. The lowest BCUT2D eigenvalue weighted by Gasteiger charge is -2.10. The molecule has 0 aromatic rings. The molecule has 86 valence electrons. The molecule has 4 heteroatoms. The Bertz CT molecular complexity index is 352. The fraction of sp³-hybridized carbons (Fsp3) is 0.727. The average molecular weight is 230 g/mol. The highest BCUT2D eigenvalue weighted by Crippen LogP contribution is 2.19. The smallest absolute Gasteiger partial charge is 0.158 e. The van der Waals surface area contributed by atoms with Crippen LogP contribution in [0.2, 0.25) is 0 Å². The molecule has 0 atom stereocenters. The van der Waals surface area contributed by atoms with E-state index in [2.05, 4.69) is 0 Å². The fourth-order valence-corrected chi connectivity index (χ4v) is 2.42. The van der Waals surface area contributed by atoms with Crippen molar-refractivity contribution in [1.29, 1.82) is 0 Å². The maximum atomic E-state index is 11.6. The van der Waals surface area contributed by atoms with E-state index >= 15 is 0 Å². The quantitative estimate of drug-likeness (QED) is 0.724. The van der Waals surface area contributed by atoms with Crippen molar-refractivity contribution in [2.45, 2.75) is 38.5 Å². The molecule has 1 aliphatic rings. The van der Waals surface area contributed by atoms with Crippen LogP contribution in [0.5, 0.6) is 0 Å². The maximum absolute atomic E-state index is 11.6. The van der Waals surface area contributed by atoms with Gasteiger partial charge in [-0.1, -0.05) is 6.08 Å². The van der Waals surface area contributed by atoms with Crippen molar-refractivity contribution in [2.75, 3.05) is 12.0 Å². The lowest BCUT2D eigenvalue weighted by molar-refractivity contribution is -0.115. The fourth-order valence-electron chi connectivity index (χ4n) is 1.75. The van der Waals surface area contributed by atoms with Gasteiger partial charge in [-0.05, 0) is 37.7 Å². The molecule has 0 aromatic carbocycles. The van der Waals surface area contributed by atoms with Crippen molar-refractivity contribution < 1.29 is 13.2 Å². The van der Waals surface area contributed by atoms with E-state index in [0.717, 1.165) is 24.8 Å². The van der Waals surface area contributed by atoms with Crippen LogP contribution in [0.4, 0.5) is 0 Å². The highest BCUT2D eigenvalue weighted by atomic mass is 32.2. The number of hydrogen-bond donors (Lipinski definition) is 0. The zero-order valence-electron chi connectivity index (χ0n) is 9.16. The van der Waals surface area contributed by atoms with Crippen LogP contribution in [0.15, 0.2) is 11.6 Å². The second-order valence-electron chi connectivity index (χ2n) is 4.13. The summed E-state index contributed by atoms with van der Waals surface area (Å²) in [4.78, 5) is 11.6. The molecule has 0 aromatic heterocycles. The first-order valence-electron chi connectivity index (χ1n) is 5.39. The lowest BCUT2D eigenvalue weighted by Crippen LogP contribution is -2.09. The Balaban J connectivity index is 2.33. The van der Waals surface area contributed by atoms with E-state index in [9.17, 15) is 13.2 Å². The van der Waals surface area contributed by atoms with Crippen molar-refractivity contribution in [3.63, 3.8) is 0 Å². The topological polar surface area (TPSA) is 51.2 Å². The van der Waals surface area contributed by atoms with E-state index in [-0.39, 0.29) is 11.5 Å². The maximum Gasteiger partial charge on any atom is 0.158 e. The summed E-state index contributed by atoms with van der Waals surface area (Å²) in [5.74, 6) is 0.254. The van der Waals surface area contributed by atoms with Gasteiger partial charge in [-0.15, -0.1) is 0 Å². The highest BCUT2D eigenvalue weighted by Gasteiger charge is 2.12. The molecule has 0 spiro atoms. The van der Waals surface area contributed by atoms with Crippen LogP contribution in [0.3, 0.4) is 0 Å². The number of Topliss-reactive ketones (excluding diaryl/α,β-unsaturated/α-hetero) is 1. The van der Waals surface area contributed by atoms with Gasteiger partial charge in [0.2, 0.25) is 0 Å². The van der Waals surface area contributed by atoms with Crippen molar-refractivity contribution in [1.82, 2.24) is 0 Å². The summed E-state index contributed by atoms with van der Waals surface area (Å²) >= 11 is 0. The van der Waals surface area contributed by atoms with Crippen molar-refractivity contribution in [2.24, 2.45) is 0 Å². The largest absolute Gasteiger partial charge is 0.295 e. The number of allylic oxidation sites excluding steroid dienone is 2. The van der Waals surface area contributed by atoms with Crippen molar-refractivity contribution in [3.05, 3.63) is 11.6 Å². The van der Waals surface area contributed by atoms with E-state index in [1.807, 2.05) is 6.08 Å². The molecular formula is C11H18O3S. The second kappa shape index (κ2) is 5.45. The zero-order chi connectivity index (χ0) is 11.3. The molecular weight excluding hydrogens is 212 g/mol. The summed E-state index contributed by atoms with van der Waals surface area (Å²) < 4.78 is 21.7. The van der Waals surface area contributed by atoms with Gasteiger partial charge in [-0.25, -0.2) is 8.42 Å². The summed E-state index contributed by atoms with van der Waals surface area (Å²) in [7, 11) is -2.92. The van der Waals surface area contributed by atoms with Gasteiger partial charge in [0.15, 0.2) is 5.78 Å². The first-order chi connectivity index (χ1) is 6.99. The van der Waals surface area contributed by atoms with Crippen LogP contribution < -0.4 is 0 Å². The van der Waals surface area contributed by atoms with Gasteiger partial charge in [0.1, 0.15) is 9.84 Å². The van der Waals surface area contributed by atoms with Crippen LogP contribution in [0, 0.1) is 0 Å². The van der Waals surface area contributed by atoms with E-state index in [0.29, 0.717) is 12.8 Å². The molecule has 0 N–H and O–H groups in total. The zero-order valence-corrected chi connectivity index (χ0v) is 9.98. The van der Waals surface area contributed by atoms with Crippen LogP contribution in [0.1, 0.15) is 38.5 Å². The van der Waals surface area contributed by atoms with Crippen molar-refractivity contribution in [3.8, 4) is 0 Å². The van der Waals surface area contributed by atoms with Gasteiger partial charge in [0, 0.05) is 12.7 Å². The third kappa shape index (κ3) is 5.11. The highest BCUT2D eigenvalue weighted by molar-refractivity contribution is 7.90.